The molecule has 1 fully saturated rings. The van der Waals surface area contributed by atoms with E-state index in [4.69, 9.17) is 16.3 Å². The first-order valence-electron chi connectivity index (χ1n) is 7.68. The molecule has 0 saturated carbocycles. The number of benzene rings is 1. The van der Waals surface area contributed by atoms with Crippen molar-refractivity contribution < 1.29 is 14.3 Å². The van der Waals surface area contributed by atoms with Crippen LogP contribution in [0, 0.1) is 0 Å². The molecule has 23 heavy (non-hydrogen) atoms. The predicted octanol–water partition coefficient (Wildman–Crippen LogP) is 2.41. The van der Waals surface area contributed by atoms with Crippen molar-refractivity contribution in [1.82, 2.24) is 15.1 Å². The summed E-state index contributed by atoms with van der Waals surface area (Å²) in [5.74, 6) is -0.377. The second kappa shape index (κ2) is 7.10. The molecule has 0 spiro atoms. The third-order valence-electron chi connectivity index (χ3n) is 3.89. The molecule has 6 nitrogen and oxygen atoms in total. The lowest BCUT2D eigenvalue weighted by atomic mass is 10.2. The molecule has 1 aromatic carbocycles. The fourth-order valence-corrected chi connectivity index (χ4v) is 2.80. The van der Waals surface area contributed by atoms with E-state index < -0.39 is 0 Å². The number of rotatable bonds is 5. The number of amides is 1. The first-order valence-corrected chi connectivity index (χ1v) is 8.06. The number of aromatic nitrogens is 2. The zero-order chi connectivity index (χ0) is 16.2. The Hall–Kier alpha value is -1.92. The van der Waals surface area contributed by atoms with E-state index in [2.05, 4.69) is 10.4 Å². The second-order valence-corrected chi connectivity index (χ2v) is 6.03. The van der Waals surface area contributed by atoms with Crippen LogP contribution in [0.5, 0.6) is 0 Å². The van der Waals surface area contributed by atoms with Crippen molar-refractivity contribution in [2.24, 2.45) is 0 Å². The molecule has 0 aliphatic carbocycles. The summed E-state index contributed by atoms with van der Waals surface area (Å²) in [6.07, 6.45) is 3.95. The Morgan fingerprint density at radius 3 is 3.04 bits per heavy atom. The van der Waals surface area contributed by atoms with Gasteiger partial charge in [-0.3, -0.25) is 9.59 Å². The molecule has 2 aromatic rings. The molecular weight excluding hydrogens is 318 g/mol. The van der Waals surface area contributed by atoms with Gasteiger partial charge in [-0.05, 0) is 31.0 Å². The molecule has 2 heterocycles. The first-order chi connectivity index (χ1) is 11.1. The number of halogens is 1. The van der Waals surface area contributed by atoms with Gasteiger partial charge in [-0.1, -0.05) is 11.6 Å². The summed E-state index contributed by atoms with van der Waals surface area (Å²) in [6, 6.07) is 5.25. The van der Waals surface area contributed by atoms with E-state index >= 15 is 0 Å². The van der Waals surface area contributed by atoms with Gasteiger partial charge in [0.1, 0.15) is 0 Å². The highest BCUT2D eigenvalue weighted by Crippen LogP contribution is 2.19. The highest BCUT2D eigenvalue weighted by molar-refractivity contribution is 6.31. The van der Waals surface area contributed by atoms with Gasteiger partial charge in [0.15, 0.2) is 0 Å². The van der Waals surface area contributed by atoms with Gasteiger partial charge in [0.25, 0.3) is 0 Å². The SMILES string of the molecule is O=C(CCC(=O)n1ncc2ccc(Cl)cc21)NCC1CCCO1. The third-order valence-corrected chi connectivity index (χ3v) is 4.12. The van der Waals surface area contributed by atoms with Crippen molar-refractivity contribution in [3.05, 3.63) is 29.4 Å². The van der Waals surface area contributed by atoms with Crippen LogP contribution in [0.4, 0.5) is 0 Å². The lowest BCUT2D eigenvalue weighted by Crippen LogP contribution is -2.32. The summed E-state index contributed by atoms with van der Waals surface area (Å²) in [7, 11) is 0. The van der Waals surface area contributed by atoms with Crippen molar-refractivity contribution in [1.29, 1.82) is 0 Å². The summed E-state index contributed by atoms with van der Waals surface area (Å²) in [4.78, 5) is 24.1. The Balaban J connectivity index is 1.53. The fourth-order valence-electron chi connectivity index (χ4n) is 2.64. The molecule has 1 aliphatic rings. The quantitative estimate of drug-likeness (QED) is 0.910. The van der Waals surface area contributed by atoms with Crippen LogP contribution in [0.2, 0.25) is 5.02 Å². The highest BCUT2D eigenvalue weighted by Gasteiger charge is 2.17. The summed E-state index contributed by atoms with van der Waals surface area (Å²) in [5, 5.41) is 8.27. The summed E-state index contributed by atoms with van der Waals surface area (Å²) in [6.45, 7) is 1.27. The van der Waals surface area contributed by atoms with Gasteiger partial charge >= 0.3 is 0 Å². The van der Waals surface area contributed by atoms with Gasteiger partial charge < -0.3 is 10.1 Å². The van der Waals surface area contributed by atoms with Crippen LogP contribution in [0.3, 0.4) is 0 Å². The van der Waals surface area contributed by atoms with Crippen LogP contribution in [-0.2, 0) is 9.53 Å². The standard InChI is InChI=1S/C16H18ClN3O3/c17-12-4-3-11-9-19-20(14(11)8-12)16(22)6-5-15(21)18-10-13-2-1-7-23-13/h3-4,8-9,13H,1-2,5-7,10H2,(H,18,21). The van der Waals surface area contributed by atoms with Crippen molar-refractivity contribution >= 4 is 34.3 Å². The lowest BCUT2D eigenvalue weighted by Gasteiger charge is -2.10. The van der Waals surface area contributed by atoms with Crippen LogP contribution >= 0.6 is 11.6 Å². The number of fused-ring (bicyclic) bond motifs is 1. The van der Waals surface area contributed by atoms with Gasteiger partial charge in [0, 0.05) is 36.4 Å². The van der Waals surface area contributed by atoms with E-state index in [1.54, 1.807) is 18.3 Å². The van der Waals surface area contributed by atoms with Crippen molar-refractivity contribution in [2.75, 3.05) is 13.2 Å². The zero-order valence-corrected chi connectivity index (χ0v) is 13.4. The summed E-state index contributed by atoms with van der Waals surface area (Å²) in [5.41, 5.74) is 0.655. The number of hydrogen-bond acceptors (Lipinski definition) is 4. The molecule has 7 heteroatoms. The molecule has 1 amide bonds. The molecule has 1 atom stereocenters. The number of nitrogens with zero attached hydrogens (tertiary/aromatic N) is 2. The molecule has 1 N–H and O–H groups in total. The van der Waals surface area contributed by atoms with E-state index in [0.717, 1.165) is 24.8 Å². The Labute approximate surface area is 138 Å². The van der Waals surface area contributed by atoms with Crippen LogP contribution in [0.15, 0.2) is 24.4 Å². The molecule has 122 valence electrons. The van der Waals surface area contributed by atoms with Gasteiger partial charge in [-0.15, -0.1) is 0 Å². The van der Waals surface area contributed by atoms with Gasteiger partial charge in [0.2, 0.25) is 11.8 Å². The fraction of sp³-hybridized carbons (Fsp3) is 0.438. The number of carbonyl (C=O) groups is 2. The summed E-state index contributed by atoms with van der Waals surface area (Å²) < 4.78 is 6.74. The average molecular weight is 336 g/mol. The van der Waals surface area contributed by atoms with E-state index in [1.165, 1.54) is 4.68 Å². The van der Waals surface area contributed by atoms with Crippen molar-refractivity contribution in [2.45, 2.75) is 31.8 Å². The van der Waals surface area contributed by atoms with E-state index in [0.29, 0.717) is 17.1 Å². The van der Waals surface area contributed by atoms with Crippen molar-refractivity contribution in [3.63, 3.8) is 0 Å². The maximum atomic E-state index is 12.2. The number of hydrogen-bond donors (Lipinski definition) is 1. The van der Waals surface area contributed by atoms with E-state index in [1.807, 2.05) is 6.07 Å². The Morgan fingerprint density at radius 2 is 2.26 bits per heavy atom. The van der Waals surface area contributed by atoms with Gasteiger partial charge in [-0.2, -0.15) is 5.10 Å². The second-order valence-electron chi connectivity index (χ2n) is 5.59. The van der Waals surface area contributed by atoms with Gasteiger partial charge in [-0.25, -0.2) is 4.68 Å². The molecule has 0 bridgehead atoms. The molecule has 1 aromatic heterocycles. The topological polar surface area (TPSA) is 73.2 Å². The van der Waals surface area contributed by atoms with E-state index in [-0.39, 0.29) is 30.8 Å². The average Bonchev–Trinajstić information content (AvgIpc) is 3.19. The highest BCUT2D eigenvalue weighted by atomic mass is 35.5. The first kappa shape index (κ1) is 16.0. The Kier molecular flexibility index (Phi) is 4.93. The Morgan fingerprint density at radius 1 is 1.39 bits per heavy atom. The zero-order valence-electron chi connectivity index (χ0n) is 12.6. The largest absolute Gasteiger partial charge is 0.376 e. The normalized spacial score (nSPS) is 17.5. The van der Waals surface area contributed by atoms with E-state index in [9.17, 15) is 9.59 Å². The number of ether oxygens (including phenoxy) is 1. The summed E-state index contributed by atoms with van der Waals surface area (Å²) >= 11 is 5.95. The number of nitrogens with one attached hydrogen (secondary N) is 1. The van der Waals surface area contributed by atoms with Crippen LogP contribution in [-0.4, -0.2) is 40.9 Å². The van der Waals surface area contributed by atoms with Crippen LogP contribution in [0.1, 0.15) is 30.5 Å². The van der Waals surface area contributed by atoms with Crippen molar-refractivity contribution in [3.8, 4) is 0 Å². The maximum Gasteiger partial charge on any atom is 0.247 e. The predicted molar refractivity (Wildman–Crippen MR) is 86.6 cm³/mol. The molecule has 3 rings (SSSR count). The smallest absolute Gasteiger partial charge is 0.247 e. The molecule has 1 aliphatic heterocycles. The Bertz CT molecular complexity index is 722. The molecule has 1 unspecified atom stereocenters. The lowest BCUT2D eigenvalue weighted by molar-refractivity contribution is -0.121. The maximum absolute atomic E-state index is 12.2. The monoisotopic (exact) mass is 335 g/mol. The molecular formula is C16H18ClN3O3. The minimum absolute atomic E-state index is 0.0979. The molecule has 0 radical (unpaired) electrons. The van der Waals surface area contributed by atoms with Crippen LogP contribution < -0.4 is 5.32 Å². The minimum atomic E-state index is -0.227. The minimum Gasteiger partial charge on any atom is -0.376 e. The molecule has 1 saturated heterocycles. The van der Waals surface area contributed by atoms with Gasteiger partial charge in [0.05, 0.1) is 17.8 Å². The third kappa shape index (κ3) is 3.89. The number of carbonyl (C=O) groups excluding carboxylic acids is 2. The van der Waals surface area contributed by atoms with Crippen LogP contribution in [0.25, 0.3) is 10.9 Å².